The zero-order valence-electron chi connectivity index (χ0n) is 13.0. The molecule has 0 atom stereocenters. The van der Waals surface area contributed by atoms with Crippen molar-refractivity contribution in [3.8, 4) is 0 Å². The number of hydrogen-bond acceptors (Lipinski definition) is 3. The van der Waals surface area contributed by atoms with Crippen LogP contribution in [0.25, 0.3) is 0 Å². The summed E-state index contributed by atoms with van der Waals surface area (Å²) in [7, 11) is 2.27. The molecule has 0 bridgehead atoms. The van der Waals surface area contributed by atoms with Crippen LogP contribution < -0.4 is 0 Å². The summed E-state index contributed by atoms with van der Waals surface area (Å²) in [5.74, 6) is 2.49. The van der Waals surface area contributed by atoms with Crippen LogP contribution in [0.2, 0.25) is 0 Å². The summed E-state index contributed by atoms with van der Waals surface area (Å²) >= 11 is 2.09. The lowest BCUT2D eigenvalue weighted by molar-refractivity contribution is 0.287. The Kier molecular flexibility index (Phi) is 7.78. The molecule has 1 aliphatic heterocycles. The number of allylic oxidation sites excluding steroid dienone is 3. The van der Waals surface area contributed by atoms with E-state index in [-0.39, 0.29) is 0 Å². The first-order chi connectivity index (χ1) is 9.84. The predicted molar refractivity (Wildman–Crippen MR) is 91.6 cm³/mol. The van der Waals surface area contributed by atoms with E-state index in [0.717, 1.165) is 0 Å². The molecule has 0 aromatic carbocycles. The minimum Gasteiger partial charge on any atom is -0.305 e. The Balaban J connectivity index is 1.44. The third kappa shape index (κ3) is 6.47. The fourth-order valence-electron chi connectivity index (χ4n) is 2.88. The summed E-state index contributed by atoms with van der Waals surface area (Å²) in [5, 5.41) is 0. The summed E-state index contributed by atoms with van der Waals surface area (Å²) in [4.78, 5) is 5.11. The standard InChI is InChI=1S/C17H30N2S/c1-18(10-7-13-19-11-5-6-12-19)14-15-20-16-17-8-3-2-4-9-17/h2-3,8H,4-7,9-16H2,1H3. The lowest BCUT2D eigenvalue weighted by atomic mass is 10.1. The third-order valence-corrected chi connectivity index (χ3v) is 5.26. The maximum atomic E-state index is 2.62. The van der Waals surface area contributed by atoms with Crippen molar-refractivity contribution in [3.05, 3.63) is 23.8 Å². The zero-order chi connectivity index (χ0) is 14.0. The van der Waals surface area contributed by atoms with Gasteiger partial charge in [0.2, 0.25) is 0 Å². The van der Waals surface area contributed by atoms with Crippen LogP contribution in [-0.4, -0.2) is 61.1 Å². The third-order valence-electron chi connectivity index (χ3n) is 4.22. The van der Waals surface area contributed by atoms with Crippen molar-refractivity contribution in [1.29, 1.82) is 0 Å². The molecule has 0 spiro atoms. The van der Waals surface area contributed by atoms with Gasteiger partial charge in [0.1, 0.15) is 0 Å². The molecule has 0 aromatic heterocycles. The van der Waals surface area contributed by atoms with Crippen molar-refractivity contribution in [3.63, 3.8) is 0 Å². The molecule has 0 radical (unpaired) electrons. The molecule has 2 nitrogen and oxygen atoms in total. The van der Waals surface area contributed by atoms with Gasteiger partial charge in [-0.05, 0) is 65.3 Å². The average molecular weight is 295 g/mol. The SMILES string of the molecule is CN(CCCN1CCCC1)CCSCC1=CC=CCC1. The summed E-state index contributed by atoms with van der Waals surface area (Å²) in [5.41, 5.74) is 1.62. The van der Waals surface area contributed by atoms with E-state index in [0.29, 0.717) is 0 Å². The molecule has 114 valence electrons. The lowest BCUT2D eigenvalue weighted by Gasteiger charge is -2.19. The van der Waals surface area contributed by atoms with Crippen LogP contribution >= 0.6 is 11.8 Å². The maximum absolute atomic E-state index is 2.62. The normalized spacial score (nSPS) is 19.8. The average Bonchev–Trinajstić information content (AvgIpc) is 2.98. The van der Waals surface area contributed by atoms with Gasteiger partial charge in [-0.3, -0.25) is 0 Å². The van der Waals surface area contributed by atoms with Crippen molar-refractivity contribution >= 4 is 11.8 Å². The van der Waals surface area contributed by atoms with Crippen molar-refractivity contribution in [2.24, 2.45) is 0 Å². The molecular formula is C17H30N2S. The van der Waals surface area contributed by atoms with E-state index < -0.39 is 0 Å². The van der Waals surface area contributed by atoms with Crippen LogP contribution in [0.3, 0.4) is 0 Å². The Bertz CT molecular complexity index is 319. The van der Waals surface area contributed by atoms with E-state index in [1.807, 2.05) is 0 Å². The molecule has 2 aliphatic rings. The quantitative estimate of drug-likeness (QED) is 0.602. The van der Waals surface area contributed by atoms with E-state index in [2.05, 4.69) is 46.8 Å². The van der Waals surface area contributed by atoms with Crippen LogP contribution in [0.5, 0.6) is 0 Å². The molecule has 1 saturated heterocycles. The summed E-state index contributed by atoms with van der Waals surface area (Å²) < 4.78 is 0. The molecule has 2 rings (SSSR count). The van der Waals surface area contributed by atoms with Gasteiger partial charge in [-0.1, -0.05) is 23.8 Å². The van der Waals surface area contributed by atoms with Gasteiger partial charge < -0.3 is 9.80 Å². The summed E-state index contributed by atoms with van der Waals surface area (Å²) in [6, 6.07) is 0. The van der Waals surface area contributed by atoms with Crippen molar-refractivity contribution in [2.75, 3.05) is 51.3 Å². The first-order valence-corrected chi connectivity index (χ1v) is 9.33. The van der Waals surface area contributed by atoms with Crippen LogP contribution in [0.4, 0.5) is 0 Å². The Morgan fingerprint density at radius 3 is 2.85 bits per heavy atom. The Morgan fingerprint density at radius 1 is 1.25 bits per heavy atom. The van der Waals surface area contributed by atoms with Gasteiger partial charge in [0.25, 0.3) is 0 Å². The van der Waals surface area contributed by atoms with Crippen LogP contribution in [0, 0.1) is 0 Å². The fraction of sp³-hybridized carbons (Fsp3) is 0.765. The summed E-state index contributed by atoms with van der Waals surface area (Å²) in [6.07, 6.45) is 13.5. The first kappa shape index (κ1) is 16.1. The monoisotopic (exact) mass is 294 g/mol. The molecule has 1 heterocycles. The highest BCUT2D eigenvalue weighted by Crippen LogP contribution is 2.17. The Hall–Kier alpha value is -0.250. The zero-order valence-corrected chi connectivity index (χ0v) is 13.8. The van der Waals surface area contributed by atoms with Gasteiger partial charge >= 0.3 is 0 Å². The Labute approximate surface area is 129 Å². The molecule has 0 aromatic rings. The van der Waals surface area contributed by atoms with Crippen molar-refractivity contribution in [1.82, 2.24) is 9.80 Å². The minimum absolute atomic E-state index is 1.23. The van der Waals surface area contributed by atoms with E-state index in [9.17, 15) is 0 Å². The maximum Gasteiger partial charge on any atom is 0.0147 e. The highest BCUT2D eigenvalue weighted by Gasteiger charge is 2.10. The molecule has 0 saturated carbocycles. The molecule has 0 N–H and O–H groups in total. The molecule has 1 aliphatic carbocycles. The van der Waals surface area contributed by atoms with Crippen molar-refractivity contribution < 1.29 is 0 Å². The van der Waals surface area contributed by atoms with Crippen LogP contribution in [0.1, 0.15) is 32.1 Å². The molecule has 1 fully saturated rings. The molecule has 0 unspecified atom stereocenters. The fourth-order valence-corrected chi connectivity index (χ4v) is 3.97. The number of thioether (sulfide) groups is 1. The summed E-state index contributed by atoms with van der Waals surface area (Å²) in [6.45, 7) is 6.46. The van der Waals surface area contributed by atoms with Crippen LogP contribution in [-0.2, 0) is 0 Å². The van der Waals surface area contributed by atoms with Gasteiger partial charge in [-0.2, -0.15) is 11.8 Å². The molecule has 0 amide bonds. The van der Waals surface area contributed by atoms with E-state index in [1.165, 1.54) is 76.3 Å². The second kappa shape index (κ2) is 9.64. The molecular weight excluding hydrogens is 264 g/mol. The minimum atomic E-state index is 1.23. The smallest absolute Gasteiger partial charge is 0.0147 e. The van der Waals surface area contributed by atoms with E-state index in [1.54, 1.807) is 5.57 Å². The van der Waals surface area contributed by atoms with Gasteiger partial charge in [-0.15, -0.1) is 0 Å². The number of rotatable bonds is 9. The lowest BCUT2D eigenvalue weighted by Crippen LogP contribution is -2.27. The highest BCUT2D eigenvalue weighted by molar-refractivity contribution is 7.99. The second-order valence-corrected chi connectivity index (χ2v) is 7.16. The topological polar surface area (TPSA) is 6.48 Å². The second-order valence-electron chi connectivity index (χ2n) is 6.05. The number of likely N-dealkylation sites (tertiary alicyclic amines) is 1. The van der Waals surface area contributed by atoms with Gasteiger partial charge in [0, 0.05) is 18.1 Å². The van der Waals surface area contributed by atoms with Crippen molar-refractivity contribution in [2.45, 2.75) is 32.1 Å². The first-order valence-electron chi connectivity index (χ1n) is 8.18. The van der Waals surface area contributed by atoms with Crippen LogP contribution in [0.15, 0.2) is 23.8 Å². The molecule has 20 heavy (non-hydrogen) atoms. The van der Waals surface area contributed by atoms with Gasteiger partial charge in [0.05, 0.1) is 0 Å². The molecule has 3 heteroatoms. The Morgan fingerprint density at radius 2 is 2.10 bits per heavy atom. The number of hydrogen-bond donors (Lipinski definition) is 0. The number of nitrogens with zero attached hydrogens (tertiary/aromatic N) is 2. The van der Waals surface area contributed by atoms with E-state index >= 15 is 0 Å². The highest BCUT2D eigenvalue weighted by atomic mass is 32.2. The van der Waals surface area contributed by atoms with Gasteiger partial charge in [-0.25, -0.2) is 0 Å². The van der Waals surface area contributed by atoms with Gasteiger partial charge in [0.15, 0.2) is 0 Å². The largest absolute Gasteiger partial charge is 0.305 e. The predicted octanol–water partition coefficient (Wildman–Crippen LogP) is 3.41. The van der Waals surface area contributed by atoms with E-state index in [4.69, 9.17) is 0 Å².